The third-order valence-corrected chi connectivity index (χ3v) is 4.34. The minimum absolute atomic E-state index is 0.000495. The lowest BCUT2D eigenvalue weighted by molar-refractivity contribution is 0.0345. The molecule has 0 aromatic heterocycles. The summed E-state index contributed by atoms with van der Waals surface area (Å²) in [4.78, 5) is 0. The SMILES string of the molecule is CC(C)c1ccc(C(N)COC2CCCCCC2)cc1. The van der Waals surface area contributed by atoms with E-state index >= 15 is 0 Å². The van der Waals surface area contributed by atoms with Gasteiger partial charge in [0.1, 0.15) is 0 Å². The monoisotopic (exact) mass is 275 g/mol. The number of rotatable bonds is 5. The molecule has 2 heteroatoms. The molecule has 1 saturated carbocycles. The van der Waals surface area contributed by atoms with Crippen LogP contribution < -0.4 is 5.73 Å². The molecule has 1 aromatic carbocycles. The molecule has 0 bridgehead atoms. The minimum atomic E-state index is -0.000495. The van der Waals surface area contributed by atoms with E-state index in [-0.39, 0.29) is 6.04 Å². The van der Waals surface area contributed by atoms with Gasteiger partial charge in [-0.05, 0) is 29.9 Å². The molecule has 1 fully saturated rings. The highest BCUT2D eigenvalue weighted by Gasteiger charge is 2.15. The number of hydrogen-bond donors (Lipinski definition) is 1. The summed E-state index contributed by atoms with van der Waals surface area (Å²) in [6, 6.07) is 8.67. The van der Waals surface area contributed by atoms with Crippen LogP contribution in [0.2, 0.25) is 0 Å². The molecule has 2 nitrogen and oxygen atoms in total. The first-order chi connectivity index (χ1) is 9.66. The smallest absolute Gasteiger partial charge is 0.0663 e. The predicted octanol–water partition coefficient (Wildman–Crippen LogP) is 4.55. The van der Waals surface area contributed by atoms with Crippen molar-refractivity contribution in [2.75, 3.05) is 6.61 Å². The first kappa shape index (κ1) is 15.5. The standard InChI is InChI=1S/C18H29NO/c1-14(2)15-9-11-16(12-10-15)18(19)13-20-17-7-5-3-4-6-8-17/h9-12,14,17-18H,3-8,13,19H2,1-2H3. The van der Waals surface area contributed by atoms with Crippen LogP contribution in [0.4, 0.5) is 0 Å². The summed E-state index contributed by atoms with van der Waals surface area (Å²) in [6.45, 7) is 5.07. The first-order valence-corrected chi connectivity index (χ1v) is 8.14. The van der Waals surface area contributed by atoms with Gasteiger partial charge in [0.05, 0.1) is 18.8 Å². The molecule has 1 atom stereocenters. The molecule has 1 aliphatic rings. The van der Waals surface area contributed by atoms with Crippen molar-refractivity contribution in [3.8, 4) is 0 Å². The van der Waals surface area contributed by atoms with Crippen LogP contribution in [0.5, 0.6) is 0 Å². The summed E-state index contributed by atoms with van der Waals surface area (Å²) in [5.41, 5.74) is 8.80. The number of benzene rings is 1. The molecule has 1 unspecified atom stereocenters. The van der Waals surface area contributed by atoms with Crippen molar-refractivity contribution in [3.05, 3.63) is 35.4 Å². The second-order valence-corrected chi connectivity index (χ2v) is 6.37. The fourth-order valence-electron chi connectivity index (χ4n) is 2.87. The summed E-state index contributed by atoms with van der Waals surface area (Å²) in [6.07, 6.45) is 8.19. The second-order valence-electron chi connectivity index (χ2n) is 6.37. The van der Waals surface area contributed by atoms with Gasteiger partial charge >= 0.3 is 0 Å². The molecule has 2 N–H and O–H groups in total. The average Bonchev–Trinajstić information content (AvgIpc) is 2.73. The van der Waals surface area contributed by atoms with Crippen LogP contribution in [0.25, 0.3) is 0 Å². The Hall–Kier alpha value is -0.860. The highest BCUT2D eigenvalue weighted by atomic mass is 16.5. The predicted molar refractivity (Wildman–Crippen MR) is 84.9 cm³/mol. The molecule has 0 heterocycles. The summed E-state index contributed by atoms with van der Waals surface area (Å²) in [5.74, 6) is 0.572. The van der Waals surface area contributed by atoms with E-state index in [4.69, 9.17) is 10.5 Å². The zero-order valence-corrected chi connectivity index (χ0v) is 13.0. The van der Waals surface area contributed by atoms with Gasteiger partial charge < -0.3 is 10.5 Å². The molecule has 0 aliphatic heterocycles. The molecule has 1 aromatic rings. The zero-order valence-electron chi connectivity index (χ0n) is 13.0. The first-order valence-electron chi connectivity index (χ1n) is 8.14. The summed E-state index contributed by atoms with van der Waals surface area (Å²) < 4.78 is 6.03. The van der Waals surface area contributed by atoms with Gasteiger partial charge in [0.25, 0.3) is 0 Å². The second kappa shape index (κ2) is 7.80. The Labute approximate surface area is 123 Å². The van der Waals surface area contributed by atoms with E-state index in [2.05, 4.69) is 38.1 Å². The quantitative estimate of drug-likeness (QED) is 0.800. The molecule has 0 radical (unpaired) electrons. The van der Waals surface area contributed by atoms with Gasteiger partial charge in [-0.15, -0.1) is 0 Å². The van der Waals surface area contributed by atoms with E-state index in [0.29, 0.717) is 18.6 Å². The normalized spacial score (nSPS) is 19.0. The third-order valence-electron chi connectivity index (χ3n) is 4.34. The van der Waals surface area contributed by atoms with Crippen LogP contribution >= 0.6 is 0 Å². The Morgan fingerprint density at radius 3 is 2.10 bits per heavy atom. The molecule has 1 aliphatic carbocycles. The summed E-state index contributed by atoms with van der Waals surface area (Å²) in [5, 5.41) is 0. The van der Waals surface area contributed by atoms with Gasteiger partial charge in [-0.3, -0.25) is 0 Å². The minimum Gasteiger partial charge on any atom is -0.376 e. The fraction of sp³-hybridized carbons (Fsp3) is 0.667. The van der Waals surface area contributed by atoms with E-state index in [1.807, 2.05) is 0 Å². The molecule has 20 heavy (non-hydrogen) atoms. The molecule has 0 spiro atoms. The molecular weight excluding hydrogens is 246 g/mol. The van der Waals surface area contributed by atoms with Crippen molar-refractivity contribution in [3.63, 3.8) is 0 Å². The van der Waals surface area contributed by atoms with Crippen LogP contribution in [-0.2, 0) is 4.74 Å². The van der Waals surface area contributed by atoms with Crippen LogP contribution in [-0.4, -0.2) is 12.7 Å². The van der Waals surface area contributed by atoms with E-state index in [1.54, 1.807) is 0 Å². The van der Waals surface area contributed by atoms with E-state index in [1.165, 1.54) is 49.7 Å². The Kier molecular flexibility index (Phi) is 6.06. The van der Waals surface area contributed by atoms with E-state index in [9.17, 15) is 0 Å². The molecule has 0 saturated heterocycles. The highest BCUT2D eigenvalue weighted by molar-refractivity contribution is 5.26. The lowest BCUT2D eigenvalue weighted by Crippen LogP contribution is -2.22. The van der Waals surface area contributed by atoms with Gasteiger partial charge in [-0.1, -0.05) is 63.8 Å². The molecular formula is C18H29NO. The lowest BCUT2D eigenvalue weighted by Gasteiger charge is -2.19. The summed E-state index contributed by atoms with van der Waals surface area (Å²) >= 11 is 0. The third kappa shape index (κ3) is 4.60. The Balaban J connectivity index is 1.82. The van der Waals surface area contributed by atoms with Crippen molar-refractivity contribution in [1.82, 2.24) is 0 Å². The van der Waals surface area contributed by atoms with Gasteiger partial charge in [0.15, 0.2) is 0 Å². The Morgan fingerprint density at radius 2 is 1.55 bits per heavy atom. The van der Waals surface area contributed by atoms with E-state index in [0.717, 1.165) is 0 Å². The van der Waals surface area contributed by atoms with Gasteiger partial charge in [0.2, 0.25) is 0 Å². The largest absolute Gasteiger partial charge is 0.376 e. The van der Waals surface area contributed by atoms with Crippen LogP contribution in [0.15, 0.2) is 24.3 Å². The van der Waals surface area contributed by atoms with Gasteiger partial charge in [-0.2, -0.15) is 0 Å². The average molecular weight is 275 g/mol. The van der Waals surface area contributed by atoms with Crippen LogP contribution in [0.1, 0.15) is 75.5 Å². The number of nitrogens with two attached hydrogens (primary N) is 1. The van der Waals surface area contributed by atoms with Crippen molar-refractivity contribution < 1.29 is 4.74 Å². The molecule has 0 amide bonds. The van der Waals surface area contributed by atoms with Crippen molar-refractivity contribution in [2.45, 2.75) is 70.4 Å². The van der Waals surface area contributed by atoms with Crippen molar-refractivity contribution in [1.29, 1.82) is 0 Å². The maximum Gasteiger partial charge on any atom is 0.0663 e. The topological polar surface area (TPSA) is 35.2 Å². The highest BCUT2D eigenvalue weighted by Crippen LogP contribution is 2.22. The number of ether oxygens (including phenoxy) is 1. The Bertz CT molecular complexity index is 377. The maximum atomic E-state index is 6.25. The van der Waals surface area contributed by atoms with Gasteiger partial charge in [0, 0.05) is 0 Å². The number of hydrogen-bond acceptors (Lipinski definition) is 2. The molecule has 112 valence electrons. The lowest BCUT2D eigenvalue weighted by atomic mass is 9.99. The Morgan fingerprint density at radius 1 is 1.00 bits per heavy atom. The molecule has 2 rings (SSSR count). The maximum absolute atomic E-state index is 6.25. The summed E-state index contributed by atoms with van der Waals surface area (Å²) in [7, 11) is 0. The van der Waals surface area contributed by atoms with Gasteiger partial charge in [-0.25, -0.2) is 0 Å². The zero-order chi connectivity index (χ0) is 14.4. The fourth-order valence-corrected chi connectivity index (χ4v) is 2.87. The van der Waals surface area contributed by atoms with E-state index < -0.39 is 0 Å². The van der Waals surface area contributed by atoms with Crippen LogP contribution in [0.3, 0.4) is 0 Å². The van der Waals surface area contributed by atoms with Crippen molar-refractivity contribution >= 4 is 0 Å². The van der Waals surface area contributed by atoms with Crippen LogP contribution in [0, 0.1) is 0 Å². The van der Waals surface area contributed by atoms with Crippen molar-refractivity contribution in [2.24, 2.45) is 5.73 Å².